The Balaban J connectivity index is 1.81. The van der Waals surface area contributed by atoms with Gasteiger partial charge in [-0.3, -0.25) is 0 Å². The third-order valence-corrected chi connectivity index (χ3v) is 5.30. The van der Waals surface area contributed by atoms with Crippen LogP contribution in [0, 0.1) is 11.3 Å². The Morgan fingerprint density at radius 3 is 2.04 bits per heavy atom. The van der Waals surface area contributed by atoms with Crippen LogP contribution in [0.4, 0.5) is 5.82 Å². The molecule has 0 amide bonds. The maximum absolute atomic E-state index is 9.59. The van der Waals surface area contributed by atoms with Crippen molar-refractivity contribution in [1.29, 1.82) is 5.26 Å². The smallest absolute Gasteiger partial charge is 0.142 e. The molecule has 0 spiro atoms. The molecule has 0 bridgehead atoms. The van der Waals surface area contributed by atoms with E-state index in [2.05, 4.69) is 51.2 Å². The second kappa shape index (κ2) is 7.67. The van der Waals surface area contributed by atoms with Crippen LogP contribution in [0.2, 0.25) is 0 Å². The van der Waals surface area contributed by atoms with Gasteiger partial charge in [-0.05, 0) is 28.8 Å². The van der Waals surface area contributed by atoms with Crippen molar-refractivity contribution >= 4 is 21.7 Å². The van der Waals surface area contributed by atoms with E-state index in [9.17, 15) is 5.26 Å². The number of anilines is 1. The van der Waals surface area contributed by atoms with Gasteiger partial charge in [0.25, 0.3) is 0 Å². The lowest BCUT2D eigenvalue weighted by Gasteiger charge is -2.12. The van der Waals surface area contributed by atoms with Gasteiger partial charge in [0, 0.05) is 15.6 Å². The summed E-state index contributed by atoms with van der Waals surface area (Å²) in [5.41, 5.74) is 12.2. The van der Waals surface area contributed by atoms with Crippen LogP contribution in [0.5, 0.6) is 0 Å². The minimum Gasteiger partial charge on any atom is -0.383 e. The Morgan fingerprint density at radius 1 is 0.750 bits per heavy atom. The Hall–Kier alpha value is -3.42. The molecule has 0 aliphatic heterocycles. The summed E-state index contributed by atoms with van der Waals surface area (Å²) in [5.74, 6) is 0.234. The van der Waals surface area contributed by atoms with E-state index in [0.717, 1.165) is 38.0 Å². The number of hydrogen-bond acceptors (Lipinski definition) is 3. The highest BCUT2D eigenvalue weighted by molar-refractivity contribution is 9.10. The van der Waals surface area contributed by atoms with Crippen LogP contribution < -0.4 is 5.73 Å². The van der Waals surface area contributed by atoms with E-state index in [0.29, 0.717) is 5.56 Å². The zero-order valence-electron chi connectivity index (χ0n) is 14.9. The molecule has 4 rings (SSSR count). The topological polar surface area (TPSA) is 62.7 Å². The van der Waals surface area contributed by atoms with Gasteiger partial charge in [0.2, 0.25) is 0 Å². The maximum atomic E-state index is 9.59. The molecule has 0 aliphatic rings. The summed E-state index contributed by atoms with van der Waals surface area (Å²) in [7, 11) is 0. The van der Waals surface area contributed by atoms with Crippen LogP contribution in [0.25, 0.3) is 33.5 Å². The predicted octanol–water partition coefficient (Wildman–Crippen LogP) is 6.30. The molecule has 0 radical (unpaired) electrons. The molecule has 3 aromatic carbocycles. The highest BCUT2D eigenvalue weighted by Crippen LogP contribution is 2.35. The average molecular weight is 426 g/mol. The molecule has 3 nitrogen and oxygen atoms in total. The highest BCUT2D eigenvalue weighted by atomic mass is 79.9. The summed E-state index contributed by atoms with van der Waals surface area (Å²) < 4.78 is 0.905. The van der Waals surface area contributed by atoms with Gasteiger partial charge < -0.3 is 5.73 Å². The van der Waals surface area contributed by atoms with E-state index in [1.165, 1.54) is 0 Å². The van der Waals surface area contributed by atoms with Gasteiger partial charge >= 0.3 is 0 Å². The molecule has 1 aromatic heterocycles. The zero-order valence-corrected chi connectivity index (χ0v) is 16.5. The molecule has 28 heavy (non-hydrogen) atoms. The average Bonchev–Trinajstić information content (AvgIpc) is 2.74. The molecule has 0 aliphatic carbocycles. The highest BCUT2D eigenvalue weighted by Gasteiger charge is 2.15. The minimum atomic E-state index is 0.234. The molecular formula is C24H16BrN3. The van der Waals surface area contributed by atoms with Gasteiger partial charge in [-0.1, -0.05) is 88.7 Å². The normalized spacial score (nSPS) is 10.4. The van der Waals surface area contributed by atoms with Gasteiger partial charge in [0.05, 0.1) is 5.69 Å². The third kappa shape index (κ3) is 3.40. The monoisotopic (exact) mass is 425 g/mol. The van der Waals surface area contributed by atoms with E-state index < -0.39 is 0 Å². The summed E-state index contributed by atoms with van der Waals surface area (Å²) in [6.45, 7) is 0. The molecule has 0 saturated heterocycles. The molecule has 134 valence electrons. The number of aromatic nitrogens is 1. The molecule has 0 saturated carbocycles. The van der Waals surface area contributed by atoms with Crippen molar-refractivity contribution in [3.05, 3.63) is 95.0 Å². The summed E-state index contributed by atoms with van der Waals surface area (Å²) in [6.07, 6.45) is 0. The third-order valence-electron chi connectivity index (χ3n) is 4.61. The summed E-state index contributed by atoms with van der Waals surface area (Å²) in [5, 5.41) is 9.59. The molecule has 4 heteroatoms. The van der Waals surface area contributed by atoms with Crippen molar-refractivity contribution in [1.82, 2.24) is 4.98 Å². The Kier molecular flexibility index (Phi) is 4.92. The Bertz CT molecular complexity index is 1180. The van der Waals surface area contributed by atoms with Gasteiger partial charge in [0.15, 0.2) is 0 Å². The van der Waals surface area contributed by atoms with Crippen molar-refractivity contribution in [2.45, 2.75) is 0 Å². The number of rotatable bonds is 3. The number of nitrogens with zero attached hydrogens (tertiary/aromatic N) is 2. The standard InChI is InChI=1S/C24H16BrN3/c25-22-9-5-4-8-19(22)20-14-23(28-24(27)21(20)15-26)18-12-10-17(11-13-18)16-6-2-1-3-7-16/h1-14H,(H2,27,28). The van der Waals surface area contributed by atoms with Crippen molar-refractivity contribution in [3.8, 4) is 39.6 Å². The van der Waals surface area contributed by atoms with Crippen molar-refractivity contribution < 1.29 is 0 Å². The summed E-state index contributed by atoms with van der Waals surface area (Å²) in [6, 6.07) is 30.3. The Morgan fingerprint density at radius 2 is 1.36 bits per heavy atom. The number of nitrogen functional groups attached to an aromatic ring is 1. The lowest BCUT2D eigenvalue weighted by atomic mass is 9.97. The van der Waals surface area contributed by atoms with E-state index in [-0.39, 0.29) is 5.82 Å². The van der Waals surface area contributed by atoms with Gasteiger partial charge in [-0.25, -0.2) is 4.98 Å². The van der Waals surface area contributed by atoms with Crippen LogP contribution in [0.3, 0.4) is 0 Å². The molecule has 1 heterocycles. The predicted molar refractivity (Wildman–Crippen MR) is 117 cm³/mol. The van der Waals surface area contributed by atoms with Crippen molar-refractivity contribution in [3.63, 3.8) is 0 Å². The fourth-order valence-corrected chi connectivity index (χ4v) is 3.68. The van der Waals surface area contributed by atoms with Crippen LogP contribution in [-0.2, 0) is 0 Å². The molecule has 0 fully saturated rings. The second-order valence-electron chi connectivity index (χ2n) is 6.35. The van der Waals surface area contributed by atoms with E-state index in [4.69, 9.17) is 5.73 Å². The van der Waals surface area contributed by atoms with Crippen molar-refractivity contribution in [2.24, 2.45) is 0 Å². The molecule has 0 atom stereocenters. The lowest BCUT2D eigenvalue weighted by molar-refractivity contribution is 1.31. The van der Waals surface area contributed by atoms with E-state index in [1.54, 1.807) is 0 Å². The quantitative estimate of drug-likeness (QED) is 0.418. The largest absolute Gasteiger partial charge is 0.383 e. The number of benzene rings is 3. The molecular weight excluding hydrogens is 410 g/mol. The van der Waals surface area contributed by atoms with Crippen LogP contribution in [0.1, 0.15) is 5.56 Å². The first-order valence-corrected chi connectivity index (χ1v) is 9.58. The fraction of sp³-hybridized carbons (Fsp3) is 0. The molecule has 4 aromatic rings. The van der Waals surface area contributed by atoms with Crippen LogP contribution in [-0.4, -0.2) is 4.98 Å². The van der Waals surface area contributed by atoms with E-state index in [1.807, 2.05) is 60.7 Å². The summed E-state index contributed by atoms with van der Waals surface area (Å²) in [4.78, 5) is 4.47. The first-order chi connectivity index (χ1) is 13.7. The van der Waals surface area contributed by atoms with Gasteiger partial charge in [-0.2, -0.15) is 5.26 Å². The van der Waals surface area contributed by atoms with Gasteiger partial charge in [0.1, 0.15) is 17.5 Å². The maximum Gasteiger partial charge on any atom is 0.142 e. The zero-order chi connectivity index (χ0) is 19.5. The number of nitrogens with two attached hydrogens (primary N) is 1. The number of halogens is 1. The second-order valence-corrected chi connectivity index (χ2v) is 7.20. The number of pyridine rings is 1. The number of hydrogen-bond donors (Lipinski definition) is 1. The van der Waals surface area contributed by atoms with E-state index >= 15 is 0 Å². The first kappa shape index (κ1) is 18.0. The van der Waals surface area contributed by atoms with Crippen molar-refractivity contribution in [2.75, 3.05) is 5.73 Å². The fourth-order valence-electron chi connectivity index (χ4n) is 3.19. The lowest BCUT2D eigenvalue weighted by Crippen LogP contribution is -2.00. The Labute approximate surface area is 172 Å². The van der Waals surface area contributed by atoms with Gasteiger partial charge in [-0.15, -0.1) is 0 Å². The first-order valence-electron chi connectivity index (χ1n) is 8.79. The molecule has 2 N–H and O–H groups in total. The molecule has 0 unspecified atom stereocenters. The summed E-state index contributed by atoms with van der Waals surface area (Å²) >= 11 is 3.57. The van der Waals surface area contributed by atoms with Crippen LogP contribution >= 0.6 is 15.9 Å². The number of nitriles is 1. The minimum absolute atomic E-state index is 0.234. The SMILES string of the molecule is N#Cc1c(-c2ccccc2Br)cc(-c2ccc(-c3ccccc3)cc2)nc1N. The van der Waals surface area contributed by atoms with Crippen LogP contribution in [0.15, 0.2) is 89.4 Å².